The van der Waals surface area contributed by atoms with Crippen LogP contribution in [0.1, 0.15) is 32.8 Å². The molecule has 0 saturated carbocycles. The number of hydrogen-bond donors (Lipinski definition) is 2. The average Bonchev–Trinajstić information content (AvgIpc) is 2.37. The molecule has 0 fully saturated rings. The van der Waals surface area contributed by atoms with E-state index < -0.39 is 0 Å². The number of benzene rings is 1. The number of ether oxygens (including phenoxy) is 1. The Morgan fingerprint density at radius 1 is 1.30 bits per heavy atom. The van der Waals surface area contributed by atoms with Crippen molar-refractivity contribution in [2.24, 2.45) is 0 Å². The number of nitrogens with one attached hydrogen (secondary N) is 1. The predicted octanol–water partition coefficient (Wildman–Crippen LogP) is 2.37. The molecular weight excluding hydrogens is 254 g/mol. The van der Waals surface area contributed by atoms with Crippen molar-refractivity contribution in [2.45, 2.75) is 39.3 Å². The van der Waals surface area contributed by atoms with Crippen molar-refractivity contribution < 1.29 is 14.6 Å². The smallest absolute Gasteiger partial charge is 0.244 e. The summed E-state index contributed by atoms with van der Waals surface area (Å²) in [6.45, 7) is 5.89. The van der Waals surface area contributed by atoms with Gasteiger partial charge < -0.3 is 15.2 Å². The number of rotatable bonds is 7. The molecule has 0 aliphatic rings. The summed E-state index contributed by atoms with van der Waals surface area (Å²) in [6, 6.07) is 7.54. The molecule has 1 atom stereocenters. The lowest BCUT2D eigenvalue weighted by molar-refractivity contribution is -0.117. The third kappa shape index (κ3) is 6.38. The summed E-state index contributed by atoms with van der Waals surface area (Å²) in [6.07, 6.45) is 3.95. The fourth-order valence-electron chi connectivity index (χ4n) is 1.66. The summed E-state index contributed by atoms with van der Waals surface area (Å²) >= 11 is 0. The lowest BCUT2D eigenvalue weighted by Crippen LogP contribution is -2.31. The van der Waals surface area contributed by atoms with Crippen molar-refractivity contribution in [3.05, 3.63) is 35.9 Å². The van der Waals surface area contributed by atoms with Crippen molar-refractivity contribution in [1.29, 1.82) is 0 Å². The van der Waals surface area contributed by atoms with Gasteiger partial charge in [0.1, 0.15) is 5.75 Å². The number of amides is 1. The Morgan fingerprint density at radius 3 is 2.50 bits per heavy atom. The monoisotopic (exact) mass is 277 g/mol. The molecule has 0 spiro atoms. The first kappa shape index (κ1) is 16.2. The van der Waals surface area contributed by atoms with Crippen LogP contribution in [0, 0.1) is 0 Å². The van der Waals surface area contributed by atoms with Gasteiger partial charge in [-0.3, -0.25) is 4.79 Å². The van der Waals surface area contributed by atoms with Gasteiger partial charge >= 0.3 is 0 Å². The van der Waals surface area contributed by atoms with Crippen LogP contribution in [0.2, 0.25) is 0 Å². The van der Waals surface area contributed by atoms with Crippen LogP contribution in [0.4, 0.5) is 0 Å². The Kier molecular flexibility index (Phi) is 6.81. The van der Waals surface area contributed by atoms with Crippen LogP contribution in [0.25, 0.3) is 6.08 Å². The van der Waals surface area contributed by atoms with E-state index >= 15 is 0 Å². The molecule has 0 heterocycles. The molecule has 0 aromatic heterocycles. The molecular formula is C16H23NO3. The van der Waals surface area contributed by atoms with Crippen LogP contribution in [0.15, 0.2) is 30.3 Å². The molecule has 1 amide bonds. The highest BCUT2D eigenvalue weighted by molar-refractivity contribution is 5.91. The Bertz CT molecular complexity index is 438. The molecule has 20 heavy (non-hydrogen) atoms. The lowest BCUT2D eigenvalue weighted by atomic mass is 10.2. The Hall–Kier alpha value is -1.81. The minimum Gasteiger partial charge on any atom is -0.491 e. The molecule has 4 nitrogen and oxygen atoms in total. The zero-order valence-electron chi connectivity index (χ0n) is 12.3. The van der Waals surface area contributed by atoms with E-state index in [0.29, 0.717) is 6.42 Å². The fourth-order valence-corrected chi connectivity index (χ4v) is 1.66. The van der Waals surface area contributed by atoms with E-state index in [1.807, 2.05) is 45.0 Å². The van der Waals surface area contributed by atoms with Crippen LogP contribution in [-0.4, -0.2) is 29.8 Å². The summed E-state index contributed by atoms with van der Waals surface area (Å²) in [4.78, 5) is 11.6. The minimum absolute atomic E-state index is 0.0287. The standard InChI is InChI=1S/C16H23NO3/c1-12(2)20-15-7-4-14(5-8-15)6-9-16(19)17-13(3)10-11-18/h4-9,12-13,18H,10-11H2,1-3H3,(H,17,19)/b9-6+. The summed E-state index contributed by atoms with van der Waals surface area (Å²) in [5, 5.41) is 11.5. The van der Waals surface area contributed by atoms with Crippen LogP contribution in [0.5, 0.6) is 5.75 Å². The highest BCUT2D eigenvalue weighted by Crippen LogP contribution is 2.14. The molecule has 0 saturated heterocycles. The molecule has 1 aromatic carbocycles. The van der Waals surface area contributed by atoms with Gasteiger partial charge in [-0.1, -0.05) is 12.1 Å². The lowest BCUT2D eigenvalue weighted by Gasteiger charge is -2.10. The van der Waals surface area contributed by atoms with E-state index in [9.17, 15) is 4.79 Å². The van der Waals surface area contributed by atoms with Gasteiger partial charge in [0.25, 0.3) is 0 Å². The molecule has 1 aromatic rings. The summed E-state index contributed by atoms with van der Waals surface area (Å²) in [5.41, 5.74) is 0.936. The molecule has 4 heteroatoms. The zero-order valence-corrected chi connectivity index (χ0v) is 12.3. The largest absolute Gasteiger partial charge is 0.491 e. The fraction of sp³-hybridized carbons (Fsp3) is 0.438. The molecule has 0 aliphatic heterocycles. The van der Waals surface area contributed by atoms with Gasteiger partial charge in [-0.25, -0.2) is 0 Å². The second kappa shape index (κ2) is 8.38. The maximum atomic E-state index is 11.6. The first-order chi connectivity index (χ1) is 9.51. The Morgan fingerprint density at radius 2 is 1.95 bits per heavy atom. The van der Waals surface area contributed by atoms with Gasteiger partial charge in [0.05, 0.1) is 6.10 Å². The molecule has 0 aliphatic carbocycles. The van der Waals surface area contributed by atoms with E-state index in [1.165, 1.54) is 6.08 Å². The van der Waals surface area contributed by atoms with Crippen molar-refractivity contribution >= 4 is 12.0 Å². The topological polar surface area (TPSA) is 58.6 Å². The highest BCUT2D eigenvalue weighted by atomic mass is 16.5. The van der Waals surface area contributed by atoms with E-state index in [4.69, 9.17) is 9.84 Å². The summed E-state index contributed by atoms with van der Waals surface area (Å²) in [5.74, 6) is 0.659. The number of carbonyl (C=O) groups excluding carboxylic acids is 1. The van der Waals surface area contributed by atoms with E-state index in [-0.39, 0.29) is 24.7 Å². The first-order valence-corrected chi connectivity index (χ1v) is 6.87. The van der Waals surface area contributed by atoms with Crippen molar-refractivity contribution in [3.8, 4) is 5.75 Å². The number of hydrogen-bond acceptors (Lipinski definition) is 3. The van der Waals surface area contributed by atoms with Gasteiger partial charge in [0.15, 0.2) is 0 Å². The van der Waals surface area contributed by atoms with Gasteiger partial charge in [-0.05, 0) is 51.0 Å². The van der Waals surface area contributed by atoms with Crippen LogP contribution >= 0.6 is 0 Å². The van der Waals surface area contributed by atoms with Gasteiger partial charge in [0, 0.05) is 18.7 Å². The second-order valence-electron chi connectivity index (χ2n) is 4.99. The molecule has 110 valence electrons. The number of aliphatic hydroxyl groups excluding tert-OH is 1. The average molecular weight is 277 g/mol. The third-order valence-corrected chi connectivity index (χ3v) is 2.63. The molecule has 1 rings (SSSR count). The molecule has 1 unspecified atom stereocenters. The number of carbonyl (C=O) groups is 1. The van der Waals surface area contributed by atoms with Crippen molar-refractivity contribution in [1.82, 2.24) is 5.32 Å². The van der Waals surface area contributed by atoms with Crippen molar-refractivity contribution in [3.63, 3.8) is 0 Å². The first-order valence-electron chi connectivity index (χ1n) is 6.87. The van der Waals surface area contributed by atoms with Crippen molar-refractivity contribution in [2.75, 3.05) is 6.61 Å². The van der Waals surface area contributed by atoms with Gasteiger partial charge in [-0.2, -0.15) is 0 Å². The SMILES string of the molecule is CC(CCO)NC(=O)/C=C/c1ccc(OC(C)C)cc1. The Balaban J connectivity index is 2.51. The highest BCUT2D eigenvalue weighted by Gasteiger charge is 2.03. The third-order valence-electron chi connectivity index (χ3n) is 2.63. The van der Waals surface area contributed by atoms with E-state index in [2.05, 4.69) is 5.32 Å². The van der Waals surface area contributed by atoms with Gasteiger partial charge in [-0.15, -0.1) is 0 Å². The maximum Gasteiger partial charge on any atom is 0.244 e. The molecule has 0 radical (unpaired) electrons. The Labute approximate surface area is 120 Å². The van der Waals surface area contributed by atoms with E-state index in [1.54, 1.807) is 6.08 Å². The van der Waals surface area contributed by atoms with Crippen LogP contribution < -0.4 is 10.1 Å². The van der Waals surface area contributed by atoms with E-state index in [0.717, 1.165) is 11.3 Å². The van der Waals surface area contributed by atoms with Gasteiger partial charge in [0.2, 0.25) is 5.91 Å². The summed E-state index contributed by atoms with van der Waals surface area (Å²) < 4.78 is 5.55. The second-order valence-corrected chi connectivity index (χ2v) is 4.99. The minimum atomic E-state index is -0.159. The number of aliphatic hydroxyl groups is 1. The summed E-state index contributed by atoms with van der Waals surface area (Å²) in [7, 11) is 0. The predicted molar refractivity (Wildman–Crippen MR) is 80.5 cm³/mol. The van der Waals surface area contributed by atoms with Crippen LogP contribution in [-0.2, 0) is 4.79 Å². The normalized spacial score (nSPS) is 12.7. The molecule has 0 bridgehead atoms. The quantitative estimate of drug-likeness (QED) is 0.752. The van der Waals surface area contributed by atoms with Crippen LogP contribution in [0.3, 0.4) is 0 Å². The molecule has 2 N–H and O–H groups in total. The zero-order chi connectivity index (χ0) is 15.0. The maximum absolute atomic E-state index is 11.6.